The molecule has 4 heteroatoms. The first-order valence-corrected chi connectivity index (χ1v) is 6.04. The molecule has 1 aliphatic rings. The molecule has 0 aliphatic carbocycles. The average molecular weight is 238 g/mol. The van der Waals surface area contributed by atoms with Crippen molar-refractivity contribution < 1.29 is 9.50 Å². The maximum atomic E-state index is 13.6. The Morgan fingerprint density at radius 2 is 2.35 bits per heavy atom. The van der Waals surface area contributed by atoms with Gasteiger partial charge in [0.05, 0.1) is 6.10 Å². The van der Waals surface area contributed by atoms with Gasteiger partial charge in [-0.05, 0) is 25.5 Å². The summed E-state index contributed by atoms with van der Waals surface area (Å²) in [5.74, 6) is 0.0226. The summed E-state index contributed by atoms with van der Waals surface area (Å²) in [6.07, 6.45) is 0.632. The van der Waals surface area contributed by atoms with E-state index >= 15 is 0 Å². The Bertz CT molecular complexity index is 395. The Morgan fingerprint density at radius 1 is 1.59 bits per heavy atom. The highest BCUT2D eigenvalue weighted by Crippen LogP contribution is 2.29. The summed E-state index contributed by atoms with van der Waals surface area (Å²) < 4.78 is 13.6. The van der Waals surface area contributed by atoms with Gasteiger partial charge in [0.2, 0.25) is 0 Å². The standard InChI is InChI=1S/C13H19FN2O/c1-9(17)10-5-6-16(8-10)13-4-2-3-12(14)11(13)7-15/h2-4,9-10,17H,5-8,15H2,1H3. The van der Waals surface area contributed by atoms with Crippen molar-refractivity contribution in [3.05, 3.63) is 29.6 Å². The zero-order valence-electron chi connectivity index (χ0n) is 10.1. The number of aliphatic hydroxyl groups excluding tert-OH is 1. The van der Waals surface area contributed by atoms with Crippen LogP contribution in [0.3, 0.4) is 0 Å². The molecule has 1 saturated heterocycles. The highest BCUT2D eigenvalue weighted by atomic mass is 19.1. The van der Waals surface area contributed by atoms with Gasteiger partial charge in [0.1, 0.15) is 5.82 Å². The summed E-state index contributed by atoms with van der Waals surface area (Å²) in [4.78, 5) is 2.11. The van der Waals surface area contributed by atoms with E-state index in [0.717, 1.165) is 25.2 Å². The van der Waals surface area contributed by atoms with Gasteiger partial charge in [-0.1, -0.05) is 6.07 Å². The molecule has 1 aromatic rings. The Labute approximate surface area is 101 Å². The van der Waals surface area contributed by atoms with Gasteiger partial charge >= 0.3 is 0 Å². The molecule has 2 rings (SSSR count). The molecule has 0 bridgehead atoms. The Morgan fingerprint density at radius 3 is 2.94 bits per heavy atom. The second-order valence-electron chi connectivity index (χ2n) is 4.68. The number of hydrogen-bond acceptors (Lipinski definition) is 3. The van der Waals surface area contributed by atoms with Gasteiger partial charge in [-0.2, -0.15) is 0 Å². The second kappa shape index (κ2) is 5.02. The van der Waals surface area contributed by atoms with Crippen molar-refractivity contribution in [2.24, 2.45) is 11.7 Å². The number of aliphatic hydroxyl groups is 1. The largest absolute Gasteiger partial charge is 0.393 e. The van der Waals surface area contributed by atoms with Crippen LogP contribution in [0.5, 0.6) is 0 Å². The molecule has 2 atom stereocenters. The second-order valence-corrected chi connectivity index (χ2v) is 4.68. The van der Waals surface area contributed by atoms with Gasteiger partial charge in [-0.25, -0.2) is 4.39 Å². The molecule has 0 radical (unpaired) electrons. The van der Waals surface area contributed by atoms with Crippen molar-refractivity contribution >= 4 is 5.69 Å². The number of rotatable bonds is 3. The molecule has 1 fully saturated rings. The highest BCUT2D eigenvalue weighted by Gasteiger charge is 2.27. The third-order valence-corrected chi connectivity index (χ3v) is 3.55. The fourth-order valence-corrected chi connectivity index (χ4v) is 2.45. The smallest absolute Gasteiger partial charge is 0.129 e. The quantitative estimate of drug-likeness (QED) is 0.839. The highest BCUT2D eigenvalue weighted by molar-refractivity contribution is 5.55. The van der Waals surface area contributed by atoms with E-state index in [1.165, 1.54) is 6.07 Å². The molecule has 3 N–H and O–H groups in total. The number of halogens is 1. The Kier molecular flexibility index (Phi) is 3.64. The predicted molar refractivity (Wildman–Crippen MR) is 66.3 cm³/mol. The van der Waals surface area contributed by atoms with E-state index in [9.17, 15) is 9.50 Å². The summed E-state index contributed by atoms with van der Waals surface area (Å²) in [5, 5.41) is 9.57. The minimum Gasteiger partial charge on any atom is -0.393 e. The average Bonchev–Trinajstić information content (AvgIpc) is 2.77. The van der Waals surface area contributed by atoms with Crippen molar-refractivity contribution in [2.75, 3.05) is 18.0 Å². The number of nitrogens with zero attached hydrogens (tertiary/aromatic N) is 1. The number of benzene rings is 1. The van der Waals surface area contributed by atoms with Gasteiger partial charge in [-0.3, -0.25) is 0 Å². The van der Waals surface area contributed by atoms with Crippen LogP contribution in [0.4, 0.5) is 10.1 Å². The lowest BCUT2D eigenvalue weighted by atomic mass is 10.0. The van der Waals surface area contributed by atoms with Gasteiger partial charge < -0.3 is 15.7 Å². The van der Waals surface area contributed by atoms with E-state index in [2.05, 4.69) is 4.90 Å². The zero-order chi connectivity index (χ0) is 12.4. The molecule has 1 heterocycles. The summed E-state index contributed by atoms with van der Waals surface area (Å²) in [6, 6.07) is 5.04. The summed E-state index contributed by atoms with van der Waals surface area (Å²) in [6.45, 7) is 3.64. The first kappa shape index (κ1) is 12.3. The van der Waals surface area contributed by atoms with E-state index in [0.29, 0.717) is 5.56 Å². The van der Waals surface area contributed by atoms with E-state index < -0.39 is 0 Å². The molecule has 0 spiro atoms. The fraction of sp³-hybridized carbons (Fsp3) is 0.538. The number of nitrogens with two attached hydrogens (primary N) is 1. The lowest BCUT2D eigenvalue weighted by Gasteiger charge is -2.22. The van der Waals surface area contributed by atoms with Crippen LogP contribution in [0.25, 0.3) is 0 Å². The summed E-state index contributed by atoms with van der Waals surface area (Å²) in [7, 11) is 0. The van der Waals surface area contributed by atoms with Crippen LogP contribution in [0.1, 0.15) is 18.9 Å². The van der Waals surface area contributed by atoms with Gasteiger partial charge in [-0.15, -0.1) is 0 Å². The van der Waals surface area contributed by atoms with Crippen LogP contribution in [-0.2, 0) is 6.54 Å². The summed E-state index contributed by atoms with van der Waals surface area (Å²) >= 11 is 0. The van der Waals surface area contributed by atoms with Crippen molar-refractivity contribution in [3.63, 3.8) is 0 Å². The maximum Gasteiger partial charge on any atom is 0.129 e. The minimum absolute atomic E-state index is 0.206. The first-order valence-electron chi connectivity index (χ1n) is 6.04. The van der Waals surface area contributed by atoms with Gasteiger partial charge in [0, 0.05) is 36.8 Å². The van der Waals surface area contributed by atoms with Crippen molar-refractivity contribution in [3.8, 4) is 0 Å². The fourth-order valence-electron chi connectivity index (χ4n) is 2.45. The van der Waals surface area contributed by atoms with Gasteiger partial charge in [0.15, 0.2) is 0 Å². The first-order chi connectivity index (χ1) is 8.13. The molecular weight excluding hydrogens is 219 g/mol. The Balaban J connectivity index is 2.21. The molecule has 0 saturated carbocycles. The zero-order valence-corrected chi connectivity index (χ0v) is 10.1. The molecule has 17 heavy (non-hydrogen) atoms. The molecule has 1 aromatic carbocycles. The molecule has 94 valence electrons. The van der Waals surface area contributed by atoms with Crippen LogP contribution in [0, 0.1) is 11.7 Å². The van der Waals surface area contributed by atoms with Crippen LogP contribution < -0.4 is 10.6 Å². The SMILES string of the molecule is CC(O)C1CCN(c2cccc(F)c2CN)C1. The summed E-state index contributed by atoms with van der Waals surface area (Å²) in [5.41, 5.74) is 7.04. The molecule has 0 aromatic heterocycles. The third-order valence-electron chi connectivity index (χ3n) is 3.55. The maximum absolute atomic E-state index is 13.6. The van der Waals surface area contributed by atoms with Crippen molar-refractivity contribution in [2.45, 2.75) is 26.0 Å². The Hall–Kier alpha value is -1.13. The normalized spacial score (nSPS) is 21.9. The molecule has 1 aliphatic heterocycles. The van der Waals surface area contributed by atoms with Crippen molar-refractivity contribution in [1.82, 2.24) is 0 Å². The van der Waals surface area contributed by atoms with E-state index in [-0.39, 0.29) is 24.4 Å². The lowest BCUT2D eigenvalue weighted by molar-refractivity contribution is 0.136. The minimum atomic E-state index is -0.310. The van der Waals surface area contributed by atoms with E-state index in [4.69, 9.17) is 5.73 Å². The van der Waals surface area contributed by atoms with Crippen molar-refractivity contribution in [1.29, 1.82) is 0 Å². The van der Waals surface area contributed by atoms with Gasteiger partial charge in [0.25, 0.3) is 0 Å². The number of anilines is 1. The molecular formula is C13H19FN2O. The number of hydrogen-bond donors (Lipinski definition) is 2. The topological polar surface area (TPSA) is 49.5 Å². The molecule has 3 nitrogen and oxygen atoms in total. The molecule has 2 unspecified atom stereocenters. The van der Waals surface area contributed by atoms with Crippen LogP contribution in [0.15, 0.2) is 18.2 Å². The lowest BCUT2D eigenvalue weighted by Crippen LogP contribution is -2.25. The van der Waals surface area contributed by atoms with E-state index in [1.807, 2.05) is 13.0 Å². The monoisotopic (exact) mass is 238 g/mol. The van der Waals surface area contributed by atoms with E-state index in [1.54, 1.807) is 6.07 Å². The van der Waals surface area contributed by atoms with Crippen LogP contribution in [0.2, 0.25) is 0 Å². The third kappa shape index (κ3) is 2.42. The van der Waals surface area contributed by atoms with Crippen LogP contribution in [-0.4, -0.2) is 24.3 Å². The van der Waals surface area contributed by atoms with Crippen LogP contribution >= 0.6 is 0 Å². The predicted octanol–water partition coefficient (Wildman–Crippen LogP) is 1.49. The molecule has 0 amide bonds.